The van der Waals surface area contributed by atoms with Gasteiger partial charge in [0.2, 0.25) is 23.6 Å². The molecule has 11 heteroatoms. The van der Waals surface area contributed by atoms with Crippen molar-refractivity contribution in [2.24, 2.45) is 0 Å². The van der Waals surface area contributed by atoms with E-state index in [4.69, 9.17) is 5.11 Å². The summed E-state index contributed by atoms with van der Waals surface area (Å²) >= 11 is 0. The molecule has 6 N–H and O–H groups in total. The van der Waals surface area contributed by atoms with Crippen LogP contribution in [0.3, 0.4) is 0 Å². The van der Waals surface area contributed by atoms with E-state index in [0.717, 1.165) is 11.1 Å². The fourth-order valence-corrected chi connectivity index (χ4v) is 3.18. The zero-order chi connectivity index (χ0) is 26.5. The summed E-state index contributed by atoms with van der Waals surface area (Å²) in [5.41, 5.74) is 1.62. The minimum Gasteiger partial charge on any atom is -0.508 e. The molecule has 0 aliphatic carbocycles. The molecule has 0 spiro atoms. The van der Waals surface area contributed by atoms with Gasteiger partial charge in [-0.05, 0) is 36.6 Å². The lowest BCUT2D eigenvalue weighted by atomic mass is 10.0. The minimum atomic E-state index is -1.22. The van der Waals surface area contributed by atoms with Crippen molar-refractivity contribution in [3.8, 4) is 5.75 Å². The van der Waals surface area contributed by atoms with Crippen molar-refractivity contribution >= 4 is 29.6 Å². The van der Waals surface area contributed by atoms with Crippen molar-refractivity contribution in [1.29, 1.82) is 0 Å². The lowest BCUT2D eigenvalue weighted by molar-refractivity contribution is -0.138. The molecule has 4 amide bonds. The number of aromatic hydroxyl groups is 1. The number of carbonyl (C=O) groups excluding carboxylic acids is 4. The topological polar surface area (TPSA) is 174 Å². The molecule has 192 valence electrons. The summed E-state index contributed by atoms with van der Waals surface area (Å²) in [5, 5.41) is 27.7. The van der Waals surface area contributed by atoms with Gasteiger partial charge in [-0.25, -0.2) is 0 Å². The standard InChI is InChI=1S/C25H30N4O7/c1-16(28-21(31)12-9-17-7-10-19(30)11-8-17)24(35)29-20(13-18-5-3-2-4-6-18)25(36)27-14-22(32)26-15-23(33)34/h2-8,10-11,16,20,30H,9,12-15H2,1H3,(H,26,32)(H,27,36)(H,28,31)(H,29,35)(H,33,34)/t16-,20+/m1/s1. The first-order valence-electron chi connectivity index (χ1n) is 11.3. The van der Waals surface area contributed by atoms with Gasteiger partial charge in [-0.1, -0.05) is 42.5 Å². The van der Waals surface area contributed by atoms with Crippen LogP contribution in [0.1, 0.15) is 24.5 Å². The molecule has 0 bridgehead atoms. The third kappa shape index (κ3) is 10.2. The van der Waals surface area contributed by atoms with Crippen LogP contribution in [-0.2, 0) is 36.8 Å². The molecule has 0 unspecified atom stereocenters. The molecule has 0 saturated carbocycles. The number of carbonyl (C=O) groups is 5. The Hall–Kier alpha value is -4.41. The van der Waals surface area contributed by atoms with Crippen LogP contribution in [0.4, 0.5) is 0 Å². The molecular formula is C25H30N4O7. The Labute approximate surface area is 208 Å². The first-order valence-corrected chi connectivity index (χ1v) is 11.3. The summed E-state index contributed by atoms with van der Waals surface area (Å²) in [6, 6.07) is 13.4. The van der Waals surface area contributed by atoms with E-state index in [1.54, 1.807) is 42.5 Å². The van der Waals surface area contributed by atoms with Crippen LogP contribution < -0.4 is 21.3 Å². The Morgan fingerprint density at radius 1 is 0.778 bits per heavy atom. The summed E-state index contributed by atoms with van der Waals surface area (Å²) in [6.45, 7) is 0.449. The van der Waals surface area contributed by atoms with Crippen LogP contribution in [0.2, 0.25) is 0 Å². The van der Waals surface area contributed by atoms with E-state index >= 15 is 0 Å². The van der Waals surface area contributed by atoms with Crippen LogP contribution in [0.5, 0.6) is 5.75 Å². The summed E-state index contributed by atoms with van der Waals surface area (Å²) in [5.74, 6) is -3.36. The normalized spacial score (nSPS) is 12.0. The Morgan fingerprint density at radius 2 is 1.44 bits per heavy atom. The summed E-state index contributed by atoms with van der Waals surface area (Å²) in [4.78, 5) is 60.0. The van der Waals surface area contributed by atoms with Gasteiger partial charge in [0.15, 0.2) is 0 Å². The maximum Gasteiger partial charge on any atom is 0.322 e. The predicted molar refractivity (Wildman–Crippen MR) is 130 cm³/mol. The maximum atomic E-state index is 12.7. The van der Waals surface area contributed by atoms with E-state index in [1.165, 1.54) is 19.1 Å². The highest BCUT2D eigenvalue weighted by molar-refractivity contribution is 5.93. The number of aryl methyl sites for hydroxylation is 1. The van der Waals surface area contributed by atoms with Crippen LogP contribution in [0, 0.1) is 0 Å². The van der Waals surface area contributed by atoms with Gasteiger partial charge in [0.05, 0.1) is 6.54 Å². The highest BCUT2D eigenvalue weighted by Crippen LogP contribution is 2.11. The van der Waals surface area contributed by atoms with Crippen molar-refractivity contribution in [3.63, 3.8) is 0 Å². The van der Waals surface area contributed by atoms with Crippen molar-refractivity contribution in [2.75, 3.05) is 13.1 Å². The van der Waals surface area contributed by atoms with E-state index in [-0.39, 0.29) is 24.5 Å². The number of phenolic OH excluding ortho intramolecular Hbond substituents is 1. The van der Waals surface area contributed by atoms with Gasteiger partial charge in [0, 0.05) is 12.8 Å². The van der Waals surface area contributed by atoms with Crippen molar-refractivity contribution in [2.45, 2.75) is 38.3 Å². The van der Waals surface area contributed by atoms with Crippen LogP contribution >= 0.6 is 0 Å². The maximum absolute atomic E-state index is 12.7. The lowest BCUT2D eigenvalue weighted by Crippen LogP contribution is -2.54. The Morgan fingerprint density at radius 3 is 2.08 bits per heavy atom. The van der Waals surface area contributed by atoms with Gasteiger partial charge >= 0.3 is 5.97 Å². The Balaban J connectivity index is 1.93. The molecule has 2 atom stereocenters. The number of rotatable bonds is 13. The molecule has 0 aliphatic rings. The van der Waals surface area contributed by atoms with Crippen molar-refractivity contribution in [1.82, 2.24) is 21.3 Å². The fourth-order valence-electron chi connectivity index (χ4n) is 3.18. The lowest BCUT2D eigenvalue weighted by Gasteiger charge is -2.21. The molecule has 2 aromatic rings. The third-order valence-electron chi connectivity index (χ3n) is 5.12. The van der Waals surface area contributed by atoms with Gasteiger partial charge in [-0.2, -0.15) is 0 Å². The number of hydrogen-bond acceptors (Lipinski definition) is 6. The first kappa shape index (κ1) is 27.8. The quantitative estimate of drug-likeness (QED) is 0.223. The van der Waals surface area contributed by atoms with Crippen molar-refractivity contribution < 1.29 is 34.2 Å². The molecule has 2 rings (SSSR count). The molecule has 0 aromatic heterocycles. The number of amides is 4. The number of aliphatic carboxylic acids is 1. The molecule has 0 fully saturated rings. The molecule has 0 saturated heterocycles. The van der Waals surface area contributed by atoms with Crippen LogP contribution in [0.25, 0.3) is 0 Å². The van der Waals surface area contributed by atoms with E-state index < -0.39 is 48.9 Å². The second kappa shape index (κ2) is 14.1. The van der Waals surface area contributed by atoms with Crippen LogP contribution in [-0.4, -0.2) is 65.0 Å². The second-order valence-corrected chi connectivity index (χ2v) is 8.09. The molecule has 0 radical (unpaired) electrons. The zero-order valence-electron chi connectivity index (χ0n) is 19.8. The highest BCUT2D eigenvalue weighted by Gasteiger charge is 2.25. The monoisotopic (exact) mass is 498 g/mol. The summed E-state index contributed by atoms with van der Waals surface area (Å²) in [6.07, 6.45) is 0.682. The molecule has 0 heterocycles. The fraction of sp³-hybridized carbons (Fsp3) is 0.320. The average molecular weight is 499 g/mol. The number of carboxylic acid groups (broad SMARTS) is 1. The summed E-state index contributed by atoms with van der Waals surface area (Å²) < 4.78 is 0. The number of phenols is 1. The van der Waals surface area contributed by atoms with E-state index in [1.807, 2.05) is 0 Å². The predicted octanol–water partition coefficient (Wildman–Crippen LogP) is -0.126. The molecule has 11 nitrogen and oxygen atoms in total. The smallest absolute Gasteiger partial charge is 0.322 e. The highest BCUT2D eigenvalue weighted by atomic mass is 16.4. The zero-order valence-corrected chi connectivity index (χ0v) is 19.8. The van der Waals surface area contributed by atoms with Crippen LogP contribution in [0.15, 0.2) is 54.6 Å². The summed E-state index contributed by atoms with van der Waals surface area (Å²) in [7, 11) is 0. The number of benzene rings is 2. The van der Waals surface area contributed by atoms with E-state index in [9.17, 15) is 29.1 Å². The molecule has 36 heavy (non-hydrogen) atoms. The second-order valence-electron chi connectivity index (χ2n) is 8.09. The van der Waals surface area contributed by atoms with Gasteiger partial charge in [0.25, 0.3) is 0 Å². The minimum absolute atomic E-state index is 0.127. The van der Waals surface area contributed by atoms with E-state index in [0.29, 0.717) is 6.42 Å². The number of nitrogens with one attached hydrogen (secondary N) is 4. The molecular weight excluding hydrogens is 468 g/mol. The number of carboxylic acids is 1. The molecule has 0 aliphatic heterocycles. The third-order valence-corrected chi connectivity index (χ3v) is 5.12. The van der Waals surface area contributed by atoms with Gasteiger partial charge in [-0.3, -0.25) is 24.0 Å². The van der Waals surface area contributed by atoms with Gasteiger partial charge in [0.1, 0.15) is 24.4 Å². The number of hydrogen-bond donors (Lipinski definition) is 6. The van der Waals surface area contributed by atoms with Gasteiger partial charge < -0.3 is 31.5 Å². The molecule has 2 aromatic carbocycles. The first-order chi connectivity index (χ1) is 17.1. The largest absolute Gasteiger partial charge is 0.508 e. The Bertz CT molecular complexity index is 1060. The average Bonchev–Trinajstić information content (AvgIpc) is 2.85. The SMILES string of the molecule is C[C@@H](NC(=O)CCc1ccc(O)cc1)C(=O)N[C@@H](Cc1ccccc1)C(=O)NCC(=O)NCC(=O)O. The Kier molecular flexibility index (Phi) is 10.9. The van der Waals surface area contributed by atoms with Crippen molar-refractivity contribution in [3.05, 3.63) is 65.7 Å². The van der Waals surface area contributed by atoms with E-state index in [2.05, 4.69) is 21.3 Å². The van der Waals surface area contributed by atoms with Gasteiger partial charge in [-0.15, -0.1) is 0 Å².